The minimum absolute atomic E-state index is 0.0109. The molecular weight excluding hydrogens is 575 g/mol. The van der Waals surface area contributed by atoms with E-state index in [2.05, 4.69) is 10.3 Å². The number of carbonyl (C=O) groups excluding carboxylic acids is 1. The molecule has 0 aliphatic carbocycles. The van der Waals surface area contributed by atoms with Crippen molar-refractivity contribution in [3.63, 3.8) is 0 Å². The molecule has 0 radical (unpaired) electrons. The maximum Gasteiger partial charge on any atom is 0.416 e. The number of nitrogens with two attached hydrogens (primary N) is 1. The Labute approximate surface area is 254 Å². The zero-order chi connectivity index (χ0) is 32.8. The van der Waals surface area contributed by atoms with Gasteiger partial charge in [0, 0.05) is 55.3 Å². The van der Waals surface area contributed by atoms with E-state index in [-0.39, 0.29) is 24.5 Å². The van der Waals surface area contributed by atoms with Crippen molar-refractivity contribution in [3.05, 3.63) is 83.0 Å². The predicted molar refractivity (Wildman–Crippen MR) is 167 cm³/mol. The predicted octanol–water partition coefficient (Wildman–Crippen LogP) is 6.43. The van der Waals surface area contributed by atoms with E-state index in [1.165, 1.54) is 0 Å². The van der Waals surface area contributed by atoms with Crippen molar-refractivity contribution in [1.82, 2.24) is 9.88 Å². The summed E-state index contributed by atoms with van der Waals surface area (Å²) in [5.41, 5.74) is 10.2. The van der Waals surface area contributed by atoms with Crippen LogP contribution in [0, 0.1) is 6.92 Å². The van der Waals surface area contributed by atoms with Gasteiger partial charge in [-0.3, -0.25) is 14.6 Å². The van der Waals surface area contributed by atoms with Gasteiger partial charge in [0.1, 0.15) is 5.75 Å². The van der Waals surface area contributed by atoms with E-state index < -0.39 is 17.8 Å². The second-order valence-electron chi connectivity index (χ2n) is 10.4. The number of pyridine rings is 1. The van der Waals surface area contributed by atoms with Gasteiger partial charge in [0.05, 0.1) is 30.3 Å². The molecule has 9 nitrogen and oxygen atoms in total. The molecule has 3 aromatic carbocycles. The summed E-state index contributed by atoms with van der Waals surface area (Å²) in [5, 5.41) is 11.1. The molecule has 44 heavy (non-hydrogen) atoms. The van der Waals surface area contributed by atoms with Crippen LogP contribution in [0.15, 0.2) is 60.7 Å². The van der Waals surface area contributed by atoms with Gasteiger partial charge in [-0.1, -0.05) is 6.07 Å². The van der Waals surface area contributed by atoms with Crippen molar-refractivity contribution >= 4 is 46.0 Å². The highest BCUT2D eigenvalue weighted by Crippen LogP contribution is 2.38. The number of nitrogens with zero attached hydrogens (tertiary/aromatic N) is 3. The molecule has 1 heterocycles. The highest BCUT2D eigenvalue weighted by molar-refractivity contribution is 5.95. The number of hydrogen-bond donors (Lipinski definition) is 3. The lowest BCUT2D eigenvalue weighted by atomic mass is 10.0. The lowest BCUT2D eigenvalue weighted by Crippen LogP contribution is -2.23. The summed E-state index contributed by atoms with van der Waals surface area (Å²) in [6, 6.07) is 16.4. The molecule has 0 spiro atoms. The Morgan fingerprint density at radius 1 is 1.09 bits per heavy atom. The molecule has 1 atom stereocenters. The molecular formula is C32H36F3N5O4. The zero-order valence-corrected chi connectivity index (χ0v) is 25.4. The molecule has 1 amide bonds. The Hall–Kier alpha value is -5.00. The number of alkyl halides is 3. The van der Waals surface area contributed by atoms with E-state index in [0.717, 1.165) is 51.4 Å². The maximum absolute atomic E-state index is 13.4. The van der Waals surface area contributed by atoms with Crippen LogP contribution in [0.25, 0.3) is 10.9 Å². The molecule has 0 aliphatic rings. The van der Waals surface area contributed by atoms with Crippen molar-refractivity contribution in [2.75, 3.05) is 44.2 Å². The smallest absolute Gasteiger partial charge is 0.416 e. The average Bonchev–Trinajstić information content (AvgIpc) is 2.96. The Bertz CT molecular complexity index is 1640. The van der Waals surface area contributed by atoms with Crippen molar-refractivity contribution in [1.29, 1.82) is 0 Å². The minimum atomic E-state index is -4.50. The van der Waals surface area contributed by atoms with Crippen molar-refractivity contribution < 1.29 is 32.6 Å². The summed E-state index contributed by atoms with van der Waals surface area (Å²) >= 11 is 0. The third-order valence-electron chi connectivity index (χ3n) is 6.94. The molecule has 0 saturated heterocycles. The fraction of sp³-hybridized carbons (Fsp3) is 0.281. The molecule has 0 fully saturated rings. The van der Waals surface area contributed by atoms with Crippen LogP contribution in [-0.2, 0) is 22.2 Å². The van der Waals surface area contributed by atoms with Crippen molar-refractivity contribution in [2.45, 2.75) is 32.5 Å². The van der Waals surface area contributed by atoms with E-state index in [0.29, 0.717) is 11.3 Å². The van der Waals surface area contributed by atoms with Crippen LogP contribution in [-0.4, -0.2) is 55.6 Å². The number of anilines is 4. The van der Waals surface area contributed by atoms with Gasteiger partial charge in [0.25, 0.3) is 6.47 Å². The monoisotopic (exact) mass is 611 g/mol. The maximum atomic E-state index is 13.4. The summed E-state index contributed by atoms with van der Waals surface area (Å²) in [7, 11) is 6.93. The number of ether oxygens (including phenoxy) is 1. The van der Waals surface area contributed by atoms with Crippen LogP contribution in [0.3, 0.4) is 0 Å². The molecule has 4 rings (SSSR count). The van der Waals surface area contributed by atoms with Crippen LogP contribution < -0.4 is 20.7 Å². The first kappa shape index (κ1) is 33.5. The lowest BCUT2D eigenvalue weighted by molar-refractivity contribution is -0.137. The number of nitrogen functional groups attached to an aromatic ring is 1. The number of aryl methyl sites for hydroxylation is 1. The summed E-state index contributed by atoms with van der Waals surface area (Å²) in [4.78, 5) is 28.8. The number of aromatic nitrogens is 1. The lowest BCUT2D eigenvalue weighted by Gasteiger charge is -2.24. The van der Waals surface area contributed by atoms with E-state index in [1.807, 2.05) is 61.3 Å². The number of amides is 1. The average molecular weight is 612 g/mol. The summed E-state index contributed by atoms with van der Waals surface area (Å²) in [5.74, 6) is 0.632. The number of hydrogen-bond acceptors (Lipinski definition) is 7. The van der Waals surface area contributed by atoms with Gasteiger partial charge in [0.15, 0.2) is 0 Å². The zero-order valence-electron chi connectivity index (χ0n) is 25.4. The number of fused-ring (bicyclic) bond motifs is 1. The standard InChI is InChI=1S/C31H34F3N5O2.CH2O2/c1-18-11-27(37-19(2)21-14-22(31(32,33)34)16-23(35)15-21)25-17-24(8-9-26(25)36-18)39(5)28-12-20(7-10-29(28)41-6)13-30(40)38(3)4;2-1-3/h7-12,14-17,19H,13,35H2,1-6H3,(H,36,37);1H,(H,2,3)/t19-;/m1./s1. The Morgan fingerprint density at radius 2 is 1.77 bits per heavy atom. The van der Waals surface area contributed by atoms with E-state index in [4.69, 9.17) is 20.4 Å². The quantitative estimate of drug-likeness (QED) is 0.154. The number of carboxylic acid groups (broad SMARTS) is 1. The number of rotatable bonds is 8. The summed E-state index contributed by atoms with van der Waals surface area (Å²) in [6.45, 7) is 3.40. The normalized spacial score (nSPS) is 11.7. The third-order valence-corrected chi connectivity index (χ3v) is 6.94. The Kier molecular flexibility index (Phi) is 10.6. The van der Waals surface area contributed by atoms with Crippen LogP contribution in [0.5, 0.6) is 5.75 Å². The van der Waals surface area contributed by atoms with E-state index >= 15 is 0 Å². The first-order valence-electron chi connectivity index (χ1n) is 13.5. The topological polar surface area (TPSA) is 121 Å². The van der Waals surface area contributed by atoms with E-state index in [9.17, 15) is 18.0 Å². The SMILES string of the molecule is COc1ccc(CC(=O)N(C)C)cc1N(C)c1ccc2nc(C)cc(N[C@H](C)c3cc(N)cc(C(F)(F)F)c3)c2c1.O=CO. The van der Waals surface area contributed by atoms with Gasteiger partial charge in [-0.2, -0.15) is 13.2 Å². The first-order valence-corrected chi connectivity index (χ1v) is 13.5. The molecule has 1 aromatic heterocycles. The number of methoxy groups -OCH3 is 1. The van der Waals surface area contributed by atoms with E-state index in [1.54, 1.807) is 39.1 Å². The fourth-order valence-electron chi connectivity index (χ4n) is 4.66. The second-order valence-corrected chi connectivity index (χ2v) is 10.4. The fourth-order valence-corrected chi connectivity index (χ4v) is 4.66. The number of halogens is 3. The molecule has 0 unspecified atom stereocenters. The number of likely N-dealkylation sites (N-methyl/N-ethyl adjacent to an activating group) is 1. The first-order chi connectivity index (χ1) is 20.7. The van der Waals surface area contributed by atoms with Crippen molar-refractivity contribution in [3.8, 4) is 5.75 Å². The highest BCUT2D eigenvalue weighted by Gasteiger charge is 2.31. The van der Waals surface area contributed by atoms with Crippen LogP contribution in [0.2, 0.25) is 0 Å². The largest absolute Gasteiger partial charge is 0.495 e. The van der Waals surface area contributed by atoms with Crippen LogP contribution in [0.4, 0.5) is 35.9 Å². The minimum Gasteiger partial charge on any atom is -0.495 e. The highest BCUT2D eigenvalue weighted by atomic mass is 19.4. The van der Waals surface area contributed by atoms with Gasteiger partial charge < -0.3 is 30.7 Å². The number of carbonyl (C=O) groups is 2. The molecule has 0 aliphatic heterocycles. The third kappa shape index (κ3) is 8.09. The molecule has 12 heteroatoms. The molecule has 4 N–H and O–H groups in total. The van der Waals surface area contributed by atoms with Crippen molar-refractivity contribution in [2.24, 2.45) is 0 Å². The van der Waals surface area contributed by atoms with Gasteiger partial charge in [0.2, 0.25) is 5.91 Å². The van der Waals surface area contributed by atoms with Gasteiger partial charge >= 0.3 is 6.18 Å². The van der Waals surface area contributed by atoms with Gasteiger partial charge in [-0.15, -0.1) is 0 Å². The van der Waals surface area contributed by atoms with Crippen LogP contribution >= 0.6 is 0 Å². The molecule has 0 bridgehead atoms. The molecule has 0 saturated carbocycles. The van der Waals surface area contributed by atoms with Gasteiger partial charge in [-0.25, -0.2) is 0 Å². The Morgan fingerprint density at radius 3 is 2.39 bits per heavy atom. The van der Waals surface area contributed by atoms with Gasteiger partial charge in [-0.05, 0) is 79.6 Å². The number of nitrogens with one attached hydrogen (secondary N) is 1. The summed E-state index contributed by atoms with van der Waals surface area (Å²) < 4.78 is 45.9. The number of benzene rings is 3. The molecule has 234 valence electrons. The van der Waals surface area contributed by atoms with Crippen LogP contribution in [0.1, 0.15) is 35.3 Å². The summed E-state index contributed by atoms with van der Waals surface area (Å²) in [6.07, 6.45) is -4.24. The second kappa shape index (κ2) is 14.0. The molecule has 4 aromatic rings. The Balaban J connectivity index is 0.00000169.